The Kier molecular flexibility index (Phi) is 5.99. The first kappa shape index (κ1) is 16.2. The second-order valence-electron chi connectivity index (χ2n) is 5.13. The molecule has 1 aliphatic rings. The van der Waals surface area contributed by atoms with E-state index in [2.05, 4.69) is 32.8 Å². The minimum atomic E-state index is 0.183. The summed E-state index contributed by atoms with van der Waals surface area (Å²) in [6.07, 6.45) is 3.82. The molecule has 0 amide bonds. The Morgan fingerprint density at radius 1 is 1.52 bits per heavy atom. The van der Waals surface area contributed by atoms with Crippen LogP contribution in [0.4, 0.5) is 5.69 Å². The number of ether oxygens (including phenoxy) is 2. The summed E-state index contributed by atoms with van der Waals surface area (Å²) in [5.74, 6) is 0.641. The SMILES string of the molecule is CCN(C)C=Nc1cc(Br)c(OC2CCOCC2)nc1C. The number of aromatic nitrogens is 1. The van der Waals surface area contributed by atoms with E-state index in [9.17, 15) is 0 Å². The number of aliphatic imine (C=N–C) groups is 1. The van der Waals surface area contributed by atoms with Gasteiger partial charge in [0.05, 0.1) is 35.4 Å². The monoisotopic (exact) mass is 355 g/mol. The zero-order chi connectivity index (χ0) is 15.2. The quantitative estimate of drug-likeness (QED) is 0.600. The van der Waals surface area contributed by atoms with Gasteiger partial charge in [0.15, 0.2) is 0 Å². The maximum Gasteiger partial charge on any atom is 0.228 e. The lowest BCUT2D eigenvalue weighted by molar-refractivity contribution is 0.0233. The van der Waals surface area contributed by atoms with E-state index in [0.717, 1.165) is 48.5 Å². The molecule has 0 N–H and O–H groups in total. The van der Waals surface area contributed by atoms with Gasteiger partial charge in [0.1, 0.15) is 6.10 Å². The fourth-order valence-corrected chi connectivity index (χ4v) is 2.36. The van der Waals surface area contributed by atoms with Crippen molar-refractivity contribution in [1.82, 2.24) is 9.88 Å². The predicted octanol–water partition coefficient (Wildman–Crippen LogP) is 3.32. The van der Waals surface area contributed by atoms with Crippen molar-refractivity contribution in [3.63, 3.8) is 0 Å². The largest absolute Gasteiger partial charge is 0.473 e. The molecule has 1 aliphatic heterocycles. The molecular formula is C15H22BrN3O2. The number of aryl methyl sites for hydroxylation is 1. The van der Waals surface area contributed by atoms with Crippen LogP contribution in [-0.2, 0) is 4.74 Å². The topological polar surface area (TPSA) is 47.0 Å². The molecule has 1 saturated heterocycles. The molecule has 1 fully saturated rings. The Bertz CT molecular complexity index is 502. The highest BCUT2D eigenvalue weighted by atomic mass is 79.9. The van der Waals surface area contributed by atoms with Crippen molar-refractivity contribution < 1.29 is 9.47 Å². The van der Waals surface area contributed by atoms with Crippen LogP contribution >= 0.6 is 15.9 Å². The third-order valence-corrected chi connectivity index (χ3v) is 4.02. The second-order valence-corrected chi connectivity index (χ2v) is 5.98. The van der Waals surface area contributed by atoms with Crippen LogP contribution in [0.15, 0.2) is 15.5 Å². The Hall–Kier alpha value is -1.14. The zero-order valence-corrected chi connectivity index (χ0v) is 14.4. The average molecular weight is 356 g/mol. The summed E-state index contributed by atoms with van der Waals surface area (Å²) in [5.41, 5.74) is 1.71. The minimum Gasteiger partial charge on any atom is -0.473 e. The van der Waals surface area contributed by atoms with Crippen LogP contribution in [-0.4, -0.2) is 49.1 Å². The fraction of sp³-hybridized carbons (Fsp3) is 0.600. The van der Waals surface area contributed by atoms with E-state index in [1.54, 1.807) is 0 Å². The molecule has 116 valence electrons. The van der Waals surface area contributed by atoms with Gasteiger partial charge in [-0.05, 0) is 35.8 Å². The summed E-state index contributed by atoms with van der Waals surface area (Å²) >= 11 is 3.53. The van der Waals surface area contributed by atoms with Crippen LogP contribution in [0.2, 0.25) is 0 Å². The van der Waals surface area contributed by atoms with E-state index in [1.807, 2.05) is 31.3 Å². The van der Waals surface area contributed by atoms with Crippen LogP contribution in [0.3, 0.4) is 0 Å². The molecule has 0 aliphatic carbocycles. The number of pyridine rings is 1. The van der Waals surface area contributed by atoms with E-state index in [4.69, 9.17) is 9.47 Å². The number of halogens is 1. The van der Waals surface area contributed by atoms with Crippen molar-refractivity contribution in [3.05, 3.63) is 16.2 Å². The van der Waals surface area contributed by atoms with Gasteiger partial charge in [0, 0.05) is 26.4 Å². The molecule has 0 aromatic carbocycles. The molecule has 1 aromatic rings. The molecule has 0 radical (unpaired) electrons. The normalized spacial score (nSPS) is 16.4. The lowest BCUT2D eigenvalue weighted by Crippen LogP contribution is -2.26. The molecular weight excluding hydrogens is 334 g/mol. The molecule has 6 heteroatoms. The molecule has 21 heavy (non-hydrogen) atoms. The van der Waals surface area contributed by atoms with Gasteiger partial charge in [-0.2, -0.15) is 0 Å². The summed E-state index contributed by atoms with van der Waals surface area (Å²) in [6.45, 7) is 6.46. The maximum absolute atomic E-state index is 5.97. The Morgan fingerprint density at radius 2 is 2.24 bits per heavy atom. The Morgan fingerprint density at radius 3 is 2.90 bits per heavy atom. The zero-order valence-electron chi connectivity index (χ0n) is 12.8. The highest BCUT2D eigenvalue weighted by Gasteiger charge is 2.18. The summed E-state index contributed by atoms with van der Waals surface area (Å²) < 4.78 is 12.1. The average Bonchev–Trinajstić information content (AvgIpc) is 2.50. The number of rotatable bonds is 5. The van der Waals surface area contributed by atoms with Gasteiger partial charge < -0.3 is 14.4 Å². The van der Waals surface area contributed by atoms with Crippen LogP contribution in [0.1, 0.15) is 25.5 Å². The van der Waals surface area contributed by atoms with Crippen molar-refractivity contribution in [2.75, 3.05) is 26.8 Å². The molecule has 0 spiro atoms. The summed E-state index contributed by atoms with van der Waals surface area (Å²) in [7, 11) is 1.99. The predicted molar refractivity (Wildman–Crippen MR) is 87.6 cm³/mol. The van der Waals surface area contributed by atoms with Gasteiger partial charge in [-0.15, -0.1) is 0 Å². The van der Waals surface area contributed by atoms with Crippen LogP contribution in [0, 0.1) is 6.92 Å². The van der Waals surface area contributed by atoms with Crippen LogP contribution < -0.4 is 4.74 Å². The van der Waals surface area contributed by atoms with Gasteiger partial charge in [-0.1, -0.05) is 0 Å². The van der Waals surface area contributed by atoms with Crippen LogP contribution in [0.25, 0.3) is 0 Å². The minimum absolute atomic E-state index is 0.183. The highest BCUT2D eigenvalue weighted by Crippen LogP contribution is 2.31. The molecule has 2 heterocycles. The fourth-order valence-electron chi connectivity index (χ4n) is 1.96. The molecule has 0 bridgehead atoms. The van der Waals surface area contributed by atoms with Gasteiger partial charge in [0.2, 0.25) is 5.88 Å². The van der Waals surface area contributed by atoms with Crippen molar-refractivity contribution >= 4 is 28.0 Å². The van der Waals surface area contributed by atoms with Crippen LogP contribution in [0.5, 0.6) is 5.88 Å². The molecule has 0 saturated carbocycles. The number of hydrogen-bond acceptors (Lipinski definition) is 4. The van der Waals surface area contributed by atoms with Crippen molar-refractivity contribution in [2.45, 2.75) is 32.8 Å². The first-order chi connectivity index (χ1) is 10.1. The second kappa shape index (κ2) is 7.75. The standard InChI is InChI=1S/C15H22BrN3O2/c1-4-19(3)10-17-14-9-13(16)15(18-11(14)2)21-12-5-7-20-8-6-12/h9-10,12H,4-8H2,1-3H3. The third-order valence-electron chi connectivity index (χ3n) is 3.45. The summed E-state index contributed by atoms with van der Waals surface area (Å²) in [5, 5.41) is 0. The van der Waals surface area contributed by atoms with E-state index in [0.29, 0.717) is 5.88 Å². The Balaban J connectivity index is 2.10. The first-order valence-electron chi connectivity index (χ1n) is 7.26. The van der Waals surface area contributed by atoms with E-state index < -0.39 is 0 Å². The number of nitrogens with zero attached hydrogens (tertiary/aromatic N) is 3. The molecule has 0 atom stereocenters. The lowest BCUT2D eigenvalue weighted by atomic mass is 10.1. The molecule has 5 nitrogen and oxygen atoms in total. The molecule has 0 unspecified atom stereocenters. The van der Waals surface area contributed by atoms with Gasteiger partial charge >= 0.3 is 0 Å². The smallest absolute Gasteiger partial charge is 0.228 e. The van der Waals surface area contributed by atoms with E-state index in [1.165, 1.54) is 0 Å². The van der Waals surface area contributed by atoms with Crippen molar-refractivity contribution in [1.29, 1.82) is 0 Å². The Labute approximate surface area is 134 Å². The highest BCUT2D eigenvalue weighted by molar-refractivity contribution is 9.10. The summed E-state index contributed by atoms with van der Waals surface area (Å²) in [4.78, 5) is 11.0. The van der Waals surface area contributed by atoms with E-state index in [-0.39, 0.29) is 6.10 Å². The summed E-state index contributed by atoms with van der Waals surface area (Å²) in [6, 6.07) is 1.96. The number of hydrogen-bond donors (Lipinski definition) is 0. The van der Waals surface area contributed by atoms with Gasteiger partial charge in [0.25, 0.3) is 0 Å². The molecule has 2 rings (SSSR count). The molecule has 1 aromatic heterocycles. The van der Waals surface area contributed by atoms with Crippen molar-refractivity contribution in [3.8, 4) is 5.88 Å². The maximum atomic E-state index is 5.97. The van der Waals surface area contributed by atoms with Crippen molar-refractivity contribution in [2.24, 2.45) is 4.99 Å². The third kappa shape index (κ3) is 4.68. The van der Waals surface area contributed by atoms with Gasteiger partial charge in [-0.25, -0.2) is 9.98 Å². The van der Waals surface area contributed by atoms with Gasteiger partial charge in [-0.3, -0.25) is 0 Å². The first-order valence-corrected chi connectivity index (χ1v) is 8.05. The van der Waals surface area contributed by atoms with E-state index >= 15 is 0 Å². The lowest BCUT2D eigenvalue weighted by Gasteiger charge is -2.23.